The van der Waals surface area contributed by atoms with Crippen LogP contribution in [0.4, 0.5) is 0 Å². The number of carbonyl (C=O) groups excluding carboxylic acids is 2. The van der Waals surface area contributed by atoms with Crippen molar-refractivity contribution >= 4 is 23.6 Å². The van der Waals surface area contributed by atoms with E-state index in [9.17, 15) is 9.59 Å². The Labute approximate surface area is 159 Å². The second-order valence-corrected chi connectivity index (χ2v) is 8.25. The summed E-state index contributed by atoms with van der Waals surface area (Å²) in [6, 6.07) is 9.58. The Kier molecular flexibility index (Phi) is 6.42. The van der Waals surface area contributed by atoms with Crippen LogP contribution in [0.3, 0.4) is 0 Å². The lowest BCUT2D eigenvalue weighted by Crippen LogP contribution is -2.45. The Balaban J connectivity index is 2.09. The molecule has 2 rings (SSSR count). The number of rotatable bonds is 5. The van der Waals surface area contributed by atoms with E-state index in [0.717, 1.165) is 4.90 Å². The van der Waals surface area contributed by atoms with Crippen molar-refractivity contribution in [1.29, 1.82) is 0 Å². The Morgan fingerprint density at radius 3 is 2.50 bits per heavy atom. The van der Waals surface area contributed by atoms with E-state index in [4.69, 9.17) is 0 Å². The van der Waals surface area contributed by atoms with Gasteiger partial charge in [-0.1, -0.05) is 17.8 Å². The van der Waals surface area contributed by atoms with Crippen molar-refractivity contribution in [2.45, 2.75) is 50.1 Å². The van der Waals surface area contributed by atoms with Gasteiger partial charge in [0.1, 0.15) is 5.03 Å². The zero-order valence-corrected chi connectivity index (χ0v) is 16.7. The molecular formula is C20H25N3O2S. The lowest BCUT2D eigenvalue weighted by atomic mass is 10.1. The van der Waals surface area contributed by atoms with Gasteiger partial charge in [0, 0.05) is 16.6 Å². The van der Waals surface area contributed by atoms with E-state index in [-0.39, 0.29) is 23.9 Å². The first-order valence-corrected chi connectivity index (χ1v) is 9.27. The highest BCUT2D eigenvalue weighted by atomic mass is 32.2. The molecule has 0 spiro atoms. The molecule has 1 aromatic heterocycles. The lowest BCUT2D eigenvalue weighted by Gasteiger charge is -2.20. The molecule has 0 atom stereocenters. The van der Waals surface area contributed by atoms with E-state index in [0.29, 0.717) is 10.6 Å². The normalized spacial score (nSPS) is 11.1. The van der Waals surface area contributed by atoms with E-state index in [2.05, 4.69) is 41.6 Å². The first kappa shape index (κ1) is 20.0. The number of nitrogens with zero attached hydrogens (tertiary/aromatic N) is 1. The molecule has 1 heterocycles. The van der Waals surface area contributed by atoms with Gasteiger partial charge in [-0.25, -0.2) is 4.98 Å². The molecule has 6 heteroatoms. The van der Waals surface area contributed by atoms with Gasteiger partial charge >= 0.3 is 0 Å². The van der Waals surface area contributed by atoms with Gasteiger partial charge in [0.25, 0.3) is 5.91 Å². The fourth-order valence-electron chi connectivity index (χ4n) is 2.25. The van der Waals surface area contributed by atoms with Crippen LogP contribution in [0.1, 0.15) is 42.3 Å². The highest BCUT2D eigenvalue weighted by Crippen LogP contribution is 2.29. The molecular weight excluding hydrogens is 346 g/mol. The number of pyridine rings is 1. The van der Waals surface area contributed by atoms with Crippen molar-refractivity contribution in [3.8, 4) is 0 Å². The van der Waals surface area contributed by atoms with Crippen molar-refractivity contribution in [3.63, 3.8) is 0 Å². The summed E-state index contributed by atoms with van der Waals surface area (Å²) in [4.78, 5) is 29.8. The molecule has 0 saturated carbocycles. The Morgan fingerprint density at radius 2 is 1.85 bits per heavy atom. The number of hydrogen-bond donors (Lipinski definition) is 2. The SMILES string of the molecule is Cc1ccc(Sc2ncccc2C(=O)NCC(=O)NC(C)(C)C)cc1C. The van der Waals surface area contributed by atoms with E-state index < -0.39 is 0 Å². The molecule has 0 aliphatic carbocycles. The van der Waals surface area contributed by atoms with E-state index in [1.807, 2.05) is 26.8 Å². The number of aromatic nitrogens is 1. The number of aryl methyl sites for hydroxylation is 2. The van der Waals surface area contributed by atoms with E-state index >= 15 is 0 Å². The third-order valence-corrected chi connectivity index (χ3v) is 4.64. The summed E-state index contributed by atoms with van der Waals surface area (Å²) >= 11 is 1.44. The Morgan fingerprint density at radius 1 is 1.12 bits per heavy atom. The van der Waals surface area contributed by atoms with Crippen LogP contribution in [-0.4, -0.2) is 28.9 Å². The number of nitrogens with one attached hydrogen (secondary N) is 2. The van der Waals surface area contributed by atoms with Gasteiger partial charge in [-0.2, -0.15) is 0 Å². The molecule has 2 amide bonds. The summed E-state index contributed by atoms with van der Waals surface area (Å²) in [7, 11) is 0. The predicted molar refractivity (Wildman–Crippen MR) is 105 cm³/mol. The molecule has 0 unspecified atom stereocenters. The summed E-state index contributed by atoms with van der Waals surface area (Å²) in [5.41, 5.74) is 2.54. The van der Waals surface area contributed by atoms with Crippen molar-refractivity contribution in [2.75, 3.05) is 6.54 Å². The highest BCUT2D eigenvalue weighted by molar-refractivity contribution is 7.99. The van der Waals surface area contributed by atoms with Crippen molar-refractivity contribution < 1.29 is 9.59 Å². The summed E-state index contributed by atoms with van der Waals surface area (Å²) in [5, 5.41) is 6.10. The summed E-state index contributed by atoms with van der Waals surface area (Å²) in [5.74, 6) is -0.536. The smallest absolute Gasteiger partial charge is 0.254 e. The number of benzene rings is 1. The summed E-state index contributed by atoms with van der Waals surface area (Å²) < 4.78 is 0. The minimum absolute atomic E-state index is 0.0707. The first-order chi connectivity index (χ1) is 12.2. The second kappa shape index (κ2) is 8.36. The van der Waals surface area contributed by atoms with E-state index in [1.165, 1.54) is 22.9 Å². The topological polar surface area (TPSA) is 71.1 Å². The van der Waals surface area contributed by atoms with Crippen LogP contribution >= 0.6 is 11.8 Å². The molecule has 138 valence electrons. The molecule has 2 aromatic rings. The van der Waals surface area contributed by atoms with Crippen molar-refractivity contribution in [3.05, 3.63) is 53.2 Å². The van der Waals surface area contributed by atoms with Crippen LogP contribution in [0.5, 0.6) is 0 Å². The van der Waals surface area contributed by atoms with Gasteiger partial charge in [-0.15, -0.1) is 0 Å². The fraction of sp³-hybridized carbons (Fsp3) is 0.350. The third-order valence-electron chi connectivity index (χ3n) is 3.63. The fourth-order valence-corrected chi connectivity index (χ4v) is 3.23. The molecule has 5 nitrogen and oxygen atoms in total. The zero-order valence-electron chi connectivity index (χ0n) is 15.8. The molecule has 0 saturated heterocycles. The largest absolute Gasteiger partial charge is 0.350 e. The highest BCUT2D eigenvalue weighted by Gasteiger charge is 2.17. The van der Waals surface area contributed by atoms with Gasteiger partial charge in [0.2, 0.25) is 5.91 Å². The average Bonchev–Trinajstić information content (AvgIpc) is 2.55. The molecule has 0 aliphatic rings. The van der Waals surface area contributed by atoms with Crippen LogP contribution in [-0.2, 0) is 4.79 Å². The Bertz CT molecular complexity index is 813. The van der Waals surface area contributed by atoms with Crippen LogP contribution in [0.15, 0.2) is 46.5 Å². The minimum Gasteiger partial charge on any atom is -0.350 e. The van der Waals surface area contributed by atoms with Crippen molar-refractivity contribution in [1.82, 2.24) is 15.6 Å². The standard InChI is InChI=1S/C20H25N3O2S/c1-13-8-9-15(11-14(13)2)26-19-16(7-6-10-21-19)18(25)22-12-17(24)23-20(3,4)5/h6-11H,12H2,1-5H3,(H,22,25)(H,23,24). The van der Waals surface area contributed by atoms with Crippen LogP contribution in [0, 0.1) is 13.8 Å². The second-order valence-electron chi connectivity index (χ2n) is 7.19. The molecule has 0 radical (unpaired) electrons. The molecule has 1 aromatic carbocycles. The van der Waals surface area contributed by atoms with Crippen LogP contribution in [0.2, 0.25) is 0 Å². The molecule has 2 N–H and O–H groups in total. The summed E-state index contributed by atoms with van der Waals surface area (Å²) in [6.07, 6.45) is 1.66. The predicted octanol–water partition coefficient (Wildman–Crippen LogP) is 3.49. The minimum atomic E-state index is -0.333. The van der Waals surface area contributed by atoms with Gasteiger partial charge in [-0.05, 0) is 70.0 Å². The number of hydrogen-bond acceptors (Lipinski definition) is 4. The molecule has 0 fully saturated rings. The maximum absolute atomic E-state index is 12.5. The van der Waals surface area contributed by atoms with Gasteiger partial charge < -0.3 is 10.6 Å². The Hall–Kier alpha value is -2.34. The number of amides is 2. The quantitative estimate of drug-likeness (QED) is 0.844. The number of carbonyl (C=O) groups is 2. The lowest BCUT2D eigenvalue weighted by molar-refractivity contribution is -0.121. The average molecular weight is 372 g/mol. The van der Waals surface area contributed by atoms with E-state index in [1.54, 1.807) is 18.3 Å². The molecule has 26 heavy (non-hydrogen) atoms. The molecule has 0 aliphatic heterocycles. The summed E-state index contributed by atoms with van der Waals surface area (Å²) in [6.45, 7) is 9.73. The third kappa shape index (κ3) is 5.88. The van der Waals surface area contributed by atoms with Gasteiger partial charge in [0.15, 0.2) is 0 Å². The van der Waals surface area contributed by atoms with Gasteiger partial charge in [-0.3, -0.25) is 9.59 Å². The van der Waals surface area contributed by atoms with Crippen molar-refractivity contribution in [2.24, 2.45) is 0 Å². The molecule has 0 bridgehead atoms. The maximum atomic E-state index is 12.5. The first-order valence-electron chi connectivity index (χ1n) is 8.45. The maximum Gasteiger partial charge on any atom is 0.254 e. The zero-order chi connectivity index (χ0) is 19.3. The monoisotopic (exact) mass is 371 g/mol. The van der Waals surface area contributed by atoms with Crippen LogP contribution < -0.4 is 10.6 Å². The van der Waals surface area contributed by atoms with Gasteiger partial charge in [0.05, 0.1) is 12.1 Å². The van der Waals surface area contributed by atoms with Crippen LogP contribution in [0.25, 0.3) is 0 Å².